The lowest BCUT2D eigenvalue weighted by Gasteiger charge is -2.05. The van der Waals surface area contributed by atoms with E-state index in [-0.39, 0.29) is 24.5 Å². The first-order valence-corrected chi connectivity index (χ1v) is 8.56. The Labute approximate surface area is 146 Å². The van der Waals surface area contributed by atoms with Crippen LogP contribution < -0.4 is 5.32 Å². The summed E-state index contributed by atoms with van der Waals surface area (Å²) in [5.74, 6) is 0.770. The van der Waals surface area contributed by atoms with Gasteiger partial charge in [-0.1, -0.05) is 22.0 Å². The van der Waals surface area contributed by atoms with Crippen molar-refractivity contribution in [2.45, 2.75) is 25.5 Å². The van der Waals surface area contributed by atoms with Gasteiger partial charge in [-0.05, 0) is 36.4 Å². The molecule has 3 aromatic rings. The number of halogens is 1. The summed E-state index contributed by atoms with van der Waals surface area (Å²) in [4.78, 5) is 16.6. The van der Waals surface area contributed by atoms with E-state index in [2.05, 4.69) is 36.4 Å². The molecule has 0 bridgehead atoms. The molecule has 1 aliphatic rings. The lowest BCUT2D eigenvalue weighted by molar-refractivity contribution is -0.116. The van der Waals surface area contributed by atoms with E-state index in [0.29, 0.717) is 5.82 Å². The number of nitrogens with zero attached hydrogens (tertiary/aromatic N) is 3. The smallest absolute Gasteiger partial charge is 0.248 e. The van der Waals surface area contributed by atoms with Crippen molar-refractivity contribution in [3.05, 3.63) is 40.8 Å². The largest absolute Gasteiger partial charge is 0.370 e. The highest BCUT2D eigenvalue weighted by Gasteiger charge is 2.21. The van der Waals surface area contributed by atoms with Gasteiger partial charge in [-0.15, -0.1) is 5.10 Å². The highest BCUT2D eigenvalue weighted by atomic mass is 79.9. The second-order valence-electron chi connectivity index (χ2n) is 5.74. The Bertz CT molecular complexity index is 882. The number of nitrogens with one attached hydrogen (secondary N) is 2. The maximum Gasteiger partial charge on any atom is 0.248 e. The Morgan fingerprint density at radius 2 is 2.38 bits per heavy atom. The van der Waals surface area contributed by atoms with Crippen LogP contribution in [0.15, 0.2) is 34.9 Å². The molecule has 124 valence electrons. The topological polar surface area (TPSA) is 84.8 Å². The zero-order valence-electron chi connectivity index (χ0n) is 12.8. The number of carbonyl (C=O) groups excluding carboxylic acids is 1. The summed E-state index contributed by atoms with van der Waals surface area (Å²) in [7, 11) is 0. The number of H-pyrrole nitrogens is 1. The average molecular weight is 390 g/mol. The average Bonchev–Trinajstić information content (AvgIpc) is 3.28. The highest BCUT2D eigenvalue weighted by Crippen LogP contribution is 2.26. The van der Waals surface area contributed by atoms with E-state index >= 15 is 0 Å². The van der Waals surface area contributed by atoms with Crippen LogP contribution in [0.5, 0.6) is 0 Å². The third kappa shape index (κ3) is 3.07. The fraction of sp³-hybridized carbons (Fsp3) is 0.312. The second kappa shape index (κ2) is 6.37. The number of aromatic amines is 1. The molecule has 1 fully saturated rings. The van der Waals surface area contributed by atoms with Crippen molar-refractivity contribution in [2.24, 2.45) is 0 Å². The van der Waals surface area contributed by atoms with Crippen LogP contribution in [0.25, 0.3) is 10.9 Å². The molecule has 1 saturated heterocycles. The number of aromatic nitrogens is 4. The molecule has 4 rings (SSSR count). The van der Waals surface area contributed by atoms with E-state index in [1.165, 1.54) is 0 Å². The third-order valence-corrected chi connectivity index (χ3v) is 4.53. The number of benzene rings is 1. The molecule has 24 heavy (non-hydrogen) atoms. The number of anilines is 1. The van der Waals surface area contributed by atoms with E-state index < -0.39 is 0 Å². The first-order valence-electron chi connectivity index (χ1n) is 7.77. The van der Waals surface area contributed by atoms with Crippen molar-refractivity contribution in [3.63, 3.8) is 0 Å². The van der Waals surface area contributed by atoms with E-state index in [1.807, 2.05) is 35.0 Å². The number of ether oxygens (including phenoxy) is 1. The Kier molecular flexibility index (Phi) is 4.07. The maximum absolute atomic E-state index is 12.3. The van der Waals surface area contributed by atoms with Gasteiger partial charge in [0.2, 0.25) is 11.9 Å². The van der Waals surface area contributed by atoms with Gasteiger partial charge in [0.1, 0.15) is 12.6 Å². The van der Waals surface area contributed by atoms with Crippen molar-refractivity contribution in [2.75, 3.05) is 11.9 Å². The van der Waals surface area contributed by atoms with Crippen molar-refractivity contribution >= 4 is 38.7 Å². The summed E-state index contributed by atoms with van der Waals surface area (Å²) in [5, 5.41) is 10.7. The number of rotatable bonds is 4. The van der Waals surface area contributed by atoms with Crippen LogP contribution in [-0.4, -0.2) is 32.3 Å². The lowest BCUT2D eigenvalue weighted by Crippen LogP contribution is -2.19. The van der Waals surface area contributed by atoms with Gasteiger partial charge in [0.25, 0.3) is 0 Å². The maximum atomic E-state index is 12.3. The molecule has 1 atom stereocenters. The Morgan fingerprint density at radius 3 is 3.21 bits per heavy atom. The molecule has 0 saturated carbocycles. The summed E-state index contributed by atoms with van der Waals surface area (Å²) in [6.07, 6.45) is 3.79. The minimum atomic E-state index is -0.176. The van der Waals surface area contributed by atoms with Gasteiger partial charge in [0, 0.05) is 22.8 Å². The van der Waals surface area contributed by atoms with Crippen molar-refractivity contribution in [3.8, 4) is 0 Å². The van der Waals surface area contributed by atoms with Gasteiger partial charge < -0.3 is 9.30 Å². The van der Waals surface area contributed by atoms with Crippen LogP contribution in [0.1, 0.15) is 24.8 Å². The van der Waals surface area contributed by atoms with Crippen LogP contribution in [0.3, 0.4) is 0 Å². The normalized spacial score (nSPS) is 17.5. The van der Waals surface area contributed by atoms with Crippen LogP contribution in [0.2, 0.25) is 0 Å². The Hall–Kier alpha value is -2.19. The Morgan fingerprint density at radius 1 is 1.46 bits per heavy atom. The molecular weight excluding hydrogens is 374 g/mol. The van der Waals surface area contributed by atoms with Crippen molar-refractivity contribution in [1.82, 2.24) is 19.7 Å². The van der Waals surface area contributed by atoms with E-state index in [0.717, 1.165) is 34.8 Å². The quantitative estimate of drug-likeness (QED) is 0.717. The van der Waals surface area contributed by atoms with Gasteiger partial charge in [-0.3, -0.25) is 15.2 Å². The minimum absolute atomic E-state index is 0.0473. The number of hydrogen-bond acceptors (Lipinski definition) is 4. The minimum Gasteiger partial charge on any atom is -0.370 e. The summed E-state index contributed by atoms with van der Waals surface area (Å²) >= 11 is 3.46. The SMILES string of the molecule is O=C(Cn1ccc2ccc(Br)cc21)Nc1n[nH]c(C2CCCO2)n1. The van der Waals surface area contributed by atoms with Gasteiger partial charge in [-0.25, -0.2) is 0 Å². The summed E-state index contributed by atoms with van der Waals surface area (Å²) < 4.78 is 8.42. The third-order valence-electron chi connectivity index (χ3n) is 4.04. The van der Waals surface area contributed by atoms with Crippen LogP contribution in [0, 0.1) is 0 Å². The number of carbonyl (C=O) groups is 1. The fourth-order valence-electron chi connectivity index (χ4n) is 2.88. The van der Waals surface area contributed by atoms with Gasteiger partial charge in [0.15, 0.2) is 5.82 Å². The van der Waals surface area contributed by atoms with Gasteiger partial charge in [-0.2, -0.15) is 4.98 Å². The van der Waals surface area contributed by atoms with E-state index in [1.54, 1.807) is 0 Å². The molecule has 8 heteroatoms. The molecule has 1 amide bonds. The van der Waals surface area contributed by atoms with Crippen LogP contribution in [-0.2, 0) is 16.1 Å². The highest BCUT2D eigenvalue weighted by molar-refractivity contribution is 9.10. The number of amides is 1. The first-order chi connectivity index (χ1) is 11.7. The van der Waals surface area contributed by atoms with Crippen LogP contribution >= 0.6 is 15.9 Å². The Balaban J connectivity index is 1.45. The summed E-state index contributed by atoms with van der Waals surface area (Å²) in [6, 6.07) is 7.96. The monoisotopic (exact) mass is 389 g/mol. The predicted octanol–water partition coefficient (Wildman–Crippen LogP) is 3.01. The molecule has 1 aromatic carbocycles. The fourth-order valence-corrected chi connectivity index (χ4v) is 3.23. The molecule has 3 heterocycles. The molecule has 1 aliphatic heterocycles. The predicted molar refractivity (Wildman–Crippen MR) is 92.6 cm³/mol. The van der Waals surface area contributed by atoms with E-state index in [9.17, 15) is 4.79 Å². The summed E-state index contributed by atoms with van der Waals surface area (Å²) in [6.45, 7) is 0.938. The summed E-state index contributed by atoms with van der Waals surface area (Å²) in [5.41, 5.74) is 0.995. The number of hydrogen-bond donors (Lipinski definition) is 2. The zero-order chi connectivity index (χ0) is 16.5. The standard InChI is InChI=1S/C16H16BrN5O2/c17-11-4-3-10-5-6-22(12(10)8-11)9-14(23)18-16-19-15(20-21-16)13-2-1-7-24-13/h3-6,8,13H,1-2,7,9H2,(H2,18,19,20,21,23). The van der Waals surface area contributed by atoms with Crippen molar-refractivity contribution in [1.29, 1.82) is 0 Å². The van der Waals surface area contributed by atoms with Crippen molar-refractivity contribution < 1.29 is 9.53 Å². The molecule has 2 aromatic heterocycles. The molecule has 0 aliphatic carbocycles. The lowest BCUT2D eigenvalue weighted by atomic mass is 10.2. The zero-order valence-corrected chi connectivity index (χ0v) is 14.4. The van der Waals surface area contributed by atoms with Gasteiger partial charge >= 0.3 is 0 Å². The van der Waals surface area contributed by atoms with Crippen LogP contribution in [0.4, 0.5) is 5.95 Å². The molecule has 1 unspecified atom stereocenters. The molecule has 2 N–H and O–H groups in total. The molecule has 0 radical (unpaired) electrons. The molecule has 7 nitrogen and oxygen atoms in total. The second-order valence-corrected chi connectivity index (χ2v) is 6.66. The van der Waals surface area contributed by atoms with Gasteiger partial charge in [0.05, 0.1) is 0 Å². The van der Waals surface area contributed by atoms with E-state index in [4.69, 9.17) is 4.74 Å². The first kappa shape index (κ1) is 15.3. The molecular formula is C16H16BrN5O2. The molecule has 0 spiro atoms. The number of fused-ring (bicyclic) bond motifs is 1.